The molecule has 0 saturated heterocycles. The van der Waals surface area contributed by atoms with E-state index in [-0.39, 0.29) is 24.3 Å². The second-order valence-corrected chi connectivity index (χ2v) is 5.65. The molecule has 0 spiro atoms. The van der Waals surface area contributed by atoms with E-state index >= 15 is 0 Å². The lowest BCUT2D eigenvalue weighted by Gasteiger charge is -2.22. The van der Waals surface area contributed by atoms with Gasteiger partial charge < -0.3 is 10.4 Å². The normalized spacial score (nSPS) is 17.6. The summed E-state index contributed by atoms with van der Waals surface area (Å²) in [7, 11) is 0. The van der Waals surface area contributed by atoms with Crippen molar-refractivity contribution in [3.05, 3.63) is 30.1 Å². The van der Waals surface area contributed by atoms with Crippen LogP contribution in [0.2, 0.25) is 0 Å². The molecule has 4 nitrogen and oxygen atoms in total. The van der Waals surface area contributed by atoms with Gasteiger partial charge in [-0.05, 0) is 31.4 Å². The predicted molar refractivity (Wildman–Crippen MR) is 78.1 cm³/mol. The summed E-state index contributed by atoms with van der Waals surface area (Å²) in [5, 5.41) is 12.4. The van der Waals surface area contributed by atoms with E-state index in [9.17, 15) is 9.90 Å². The minimum absolute atomic E-state index is 0.0393. The average molecular weight is 276 g/mol. The van der Waals surface area contributed by atoms with Crippen molar-refractivity contribution >= 4 is 5.91 Å². The highest BCUT2D eigenvalue weighted by Crippen LogP contribution is 2.23. The van der Waals surface area contributed by atoms with Crippen LogP contribution in [0.15, 0.2) is 24.4 Å². The van der Waals surface area contributed by atoms with Crippen molar-refractivity contribution in [2.24, 2.45) is 11.8 Å². The third-order valence-corrected chi connectivity index (χ3v) is 4.02. The molecule has 110 valence electrons. The number of carbonyl (C=O) groups is 1. The second-order valence-electron chi connectivity index (χ2n) is 5.65. The molecular formula is C16H24N2O2. The molecule has 1 unspecified atom stereocenters. The number of amides is 1. The van der Waals surface area contributed by atoms with Gasteiger partial charge in [-0.1, -0.05) is 25.3 Å². The number of aliphatic hydroxyl groups is 1. The first-order chi connectivity index (χ1) is 9.79. The lowest BCUT2D eigenvalue weighted by molar-refractivity contribution is -0.126. The highest BCUT2D eigenvalue weighted by Gasteiger charge is 2.21. The van der Waals surface area contributed by atoms with Gasteiger partial charge in [0.05, 0.1) is 0 Å². The van der Waals surface area contributed by atoms with Gasteiger partial charge in [0, 0.05) is 36.9 Å². The van der Waals surface area contributed by atoms with Gasteiger partial charge in [-0.25, -0.2) is 0 Å². The third kappa shape index (κ3) is 4.60. The van der Waals surface area contributed by atoms with Crippen LogP contribution in [0.25, 0.3) is 0 Å². The van der Waals surface area contributed by atoms with Gasteiger partial charge in [0.25, 0.3) is 0 Å². The summed E-state index contributed by atoms with van der Waals surface area (Å²) in [4.78, 5) is 16.3. The summed E-state index contributed by atoms with van der Waals surface area (Å²) in [6, 6.07) is 5.77. The maximum Gasteiger partial charge on any atom is 0.223 e. The van der Waals surface area contributed by atoms with Gasteiger partial charge >= 0.3 is 0 Å². The summed E-state index contributed by atoms with van der Waals surface area (Å²) in [5.41, 5.74) is 0.957. The van der Waals surface area contributed by atoms with Crippen LogP contribution in [-0.2, 0) is 11.2 Å². The van der Waals surface area contributed by atoms with Crippen LogP contribution in [-0.4, -0.2) is 29.1 Å². The van der Waals surface area contributed by atoms with Crippen molar-refractivity contribution in [1.29, 1.82) is 0 Å². The largest absolute Gasteiger partial charge is 0.396 e. The van der Waals surface area contributed by atoms with Gasteiger partial charge in [0.15, 0.2) is 0 Å². The van der Waals surface area contributed by atoms with E-state index in [4.69, 9.17) is 0 Å². The number of carbonyl (C=O) groups excluding carboxylic acids is 1. The van der Waals surface area contributed by atoms with E-state index in [1.807, 2.05) is 18.2 Å². The van der Waals surface area contributed by atoms with Crippen molar-refractivity contribution in [2.75, 3.05) is 13.2 Å². The van der Waals surface area contributed by atoms with Gasteiger partial charge in [-0.3, -0.25) is 9.78 Å². The second kappa shape index (κ2) is 8.00. The van der Waals surface area contributed by atoms with Gasteiger partial charge in [0.1, 0.15) is 0 Å². The van der Waals surface area contributed by atoms with Crippen molar-refractivity contribution < 1.29 is 9.90 Å². The standard InChI is InChI=1S/C16H24N2O2/c19-12-13(10-15-8-4-5-9-17-15)11-18-16(20)14-6-2-1-3-7-14/h4-5,8-9,13-14,19H,1-3,6-7,10-12H2,(H,18,20). The molecule has 1 aromatic heterocycles. The fourth-order valence-corrected chi connectivity index (χ4v) is 2.77. The summed E-state index contributed by atoms with van der Waals surface area (Å²) in [6.45, 7) is 0.601. The molecule has 1 aromatic rings. The first-order valence-corrected chi connectivity index (χ1v) is 7.58. The smallest absolute Gasteiger partial charge is 0.223 e. The number of pyridine rings is 1. The molecule has 1 aliphatic rings. The molecule has 1 atom stereocenters. The molecular weight excluding hydrogens is 252 g/mol. The van der Waals surface area contributed by atoms with E-state index in [2.05, 4.69) is 10.3 Å². The number of hydrogen-bond acceptors (Lipinski definition) is 3. The van der Waals surface area contributed by atoms with Crippen LogP contribution < -0.4 is 5.32 Å². The molecule has 0 radical (unpaired) electrons. The predicted octanol–water partition coefficient (Wildman–Crippen LogP) is 1.93. The van der Waals surface area contributed by atoms with Crippen molar-refractivity contribution in [3.8, 4) is 0 Å². The fraction of sp³-hybridized carbons (Fsp3) is 0.625. The Bertz CT molecular complexity index is 402. The Labute approximate surface area is 120 Å². The minimum Gasteiger partial charge on any atom is -0.396 e. The Morgan fingerprint density at radius 2 is 2.15 bits per heavy atom. The molecule has 4 heteroatoms. The van der Waals surface area contributed by atoms with Crippen LogP contribution >= 0.6 is 0 Å². The molecule has 1 saturated carbocycles. The summed E-state index contributed by atoms with van der Waals surface area (Å²) < 4.78 is 0. The van der Waals surface area contributed by atoms with Crippen LogP contribution in [0.3, 0.4) is 0 Å². The Morgan fingerprint density at radius 3 is 2.80 bits per heavy atom. The van der Waals surface area contributed by atoms with E-state index in [0.717, 1.165) is 31.4 Å². The van der Waals surface area contributed by atoms with Crippen LogP contribution in [0.4, 0.5) is 0 Å². The number of aromatic nitrogens is 1. The Balaban J connectivity index is 1.77. The van der Waals surface area contributed by atoms with Crippen LogP contribution in [0.1, 0.15) is 37.8 Å². The first kappa shape index (κ1) is 15.0. The number of nitrogens with zero attached hydrogens (tertiary/aromatic N) is 1. The molecule has 1 aliphatic carbocycles. The molecule has 20 heavy (non-hydrogen) atoms. The first-order valence-electron chi connectivity index (χ1n) is 7.58. The molecule has 1 heterocycles. The number of rotatable bonds is 6. The van der Waals surface area contributed by atoms with Gasteiger partial charge in [-0.15, -0.1) is 0 Å². The zero-order valence-electron chi connectivity index (χ0n) is 11.9. The maximum absolute atomic E-state index is 12.1. The molecule has 0 aromatic carbocycles. The molecule has 0 aliphatic heterocycles. The fourth-order valence-electron chi connectivity index (χ4n) is 2.77. The zero-order valence-corrected chi connectivity index (χ0v) is 11.9. The third-order valence-electron chi connectivity index (χ3n) is 4.02. The van der Waals surface area contributed by atoms with Crippen molar-refractivity contribution in [3.63, 3.8) is 0 Å². The Hall–Kier alpha value is -1.42. The van der Waals surface area contributed by atoms with E-state index in [0.29, 0.717) is 13.0 Å². The van der Waals surface area contributed by atoms with Gasteiger partial charge in [-0.2, -0.15) is 0 Å². The lowest BCUT2D eigenvalue weighted by Crippen LogP contribution is -2.36. The van der Waals surface area contributed by atoms with Crippen LogP contribution in [0.5, 0.6) is 0 Å². The molecule has 0 bridgehead atoms. The molecule has 2 rings (SSSR count). The topological polar surface area (TPSA) is 62.2 Å². The van der Waals surface area contributed by atoms with E-state index in [1.54, 1.807) is 6.20 Å². The lowest BCUT2D eigenvalue weighted by atomic mass is 9.88. The SMILES string of the molecule is O=C(NCC(CO)Cc1ccccn1)C1CCCCC1. The number of nitrogens with one attached hydrogen (secondary N) is 1. The molecule has 1 amide bonds. The minimum atomic E-state index is 0.0393. The molecule has 1 fully saturated rings. The summed E-state index contributed by atoms with van der Waals surface area (Å²) in [5.74, 6) is 0.375. The Kier molecular flexibility index (Phi) is 5.99. The summed E-state index contributed by atoms with van der Waals surface area (Å²) in [6.07, 6.45) is 8.05. The highest BCUT2D eigenvalue weighted by molar-refractivity contribution is 5.78. The Morgan fingerprint density at radius 1 is 1.35 bits per heavy atom. The van der Waals surface area contributed by atoms with Crippen molar-refractivity contribution in [1.82, 2.24) is 10.3 Å². The van der Waals surface area contributed by atoms with Crippen LogP contribution in [0, 0.1) is 11.8 Å². The van der Waals surface area contributed by atoms with E-state index < -0.39 is 0 Å². The van der Waals surface area contributed by atoms with Gasteiger partial charge in [0.2, 0.25) is 5.91 Å². The van der Waals surface area contributed by atoms with E-state index in [1.165, 1.54) is 6.42 Å². The monoisotopic (exact) mass is 276 g/mol. The summed E-state index contributed by atoms with van der Waals surface area (Å²) >= 11 is 0. The average Bonchev–Trinajstić information content (AvgIpc) is 2.53. The highest BCUT2D eigenvalue weighted by atomic mass is 16.3. The number of hydrogen-bond donors (Lipinski definition) is 2. The zero-order chi connectivity index (χ0) is 14.2. The number of aliphatic hydroxyl groups excluding tert-OH is 1. The quantitative estimate of drug-likeness (QED) is 0.834. The maximum atomic E-state index is 12.1. The molecule has 2 N–H and O–H groups in total. The van der Waals surface area contributed by atoms with Crippen molar-refractivity contribution in [2.45, 2.75) is 38.5 Å².